The third-order valence-electron chi connectivity index (χ3n) is 3.52. The summed E-state index contributed by atoms with van der Waals surface area (Å²) in [5.74, 6) is 0.658. The van der Waals surface area contributed by atoms with E-state index in [0.29, 0.717) is 0 Å². The Hall–Kier alpha value is -2.55. The van der Waals surface area contributed by atoms with Crippen LogP contribution in [0.2, 0.25) is 0 Å². The normalized spacial score (nSPS) is 11.0. The summed E-state index contributed by atoms with van der Waals surface area (Å²) in [6.07, 6.45) is 3.45. The van der Waals surface area contributed by atoms with Gasteiger partial charge in [0.1, 0.15) is 5.75 Å². The highest BCUT2D eigenvalue weighted by Gasteiger charge is 2.03. The molecule has 2 aromatic carbocycles. The fourth-order valence-electron chi connectivity index (χ4n) is 2.20. The zero-order valence-electron chi connectivity index (χ0n) is 14.1. The van der Waals surface area contributed by atoms with Gasteiger partial charge in [-0.05, 0) is 68.7 Å². The summed E-state index contributed by atoms with van der Waals surface area (Å²) in [6, 6.07) is 13.6. The van der Waals surface area contributed by atoms with Crippen molar-refractivity contribution in [1.82, 2.24) is 0 Å². The summed E-state index contributed by atoms with van der Waals surface area (Å²) < 4.78 is 5.65. The molecule has 1 amide bonds. The molecule has 0 unspecified atom stereocenters. The molecule has 120 valence electrons. The van der Waals surface area contributed by atoms with Gasteiger partial charge in [0, 0.05) is 11.8 Å². The van der Waals surface area contributed by atoms with Crippen LogP contribution in [-0.4, -0.2) is 12.0 Å². The maximum Gasteiger partial charge on any atom is 0.248 e. The highest BCUT2D eigenvalue weighted by Crippen LogP contribution is 2.18. The molecule has 3 nitrogen and oxygen atoms in total. The minimum Gasteiger partial charge on any atom is -0.491 e. The van der Waals surface area contributed by atoms with Crippen LogP contribution in [0.15, 0.2) is 48.5 Å². The van der Waals surface area contributed by atoms with Crippen LogP contribution >= 0.6 is 0 Å². The second-order valence-corrected chi connectivity index (χ2v) is 5.81. The van der Waals surface area contributed by atoms with Crippen molar-refractivity contribution in [3.63, 3.8) is 0 Å². The summed E-state index contributed by atoms with van der Waals surface area (Å²) >= 11 is 0. The van der Waals surface area contributed by atoms with Gasteiger partial charge in [-0.2, -0.15) is 0 Å². The van der Waals surface area contributed by atoms with Gasteiger partial charge in [0.05, 0.1) is 6.10 Å². The van der Waals surface area contributed by atoms with Gasteiger partial charge < -0.3 is 10.1 Å². The molecule has 0 spiro atoms. The first-order valence-corrected chi connectivity index (χ1v) is 7.77. The van der Waals surface area contributed by atoms with Gasteiger partial charge in [-0.15, -0.1) is 0 Å². The van der Waals surface area contributed by atoms with Gasteiger partial charge in [0.25, 0.3) is 0 Å². The second-order valence-electron chi connectivity index (χ2n) is 5.81. The Morgan fingerprint density at radius 2 is 1.87 bits per heavy atom. The summed E-state index contributed by atoms with van der Waals surface area (Å²) in [5.41, 5.74) is 4.02. The monoisotopic (exact) mass is 309 g/mol. The standard InChI is InChI=1S/C20H23NO2/c1-14(2)23-18-9-6-8-17(13-18)11-12-20(22)21-19-10-5-7-15(3)16(19)4/h5-14H,1-4H3,(H,21,22)/b12-11+. The Kier molecular flexibility index (Phi) is 5.58. The fourth-order valence-corrected chi connectivity index (χ4v) is 2.20. The van der Waals surface area contributed by atoms with E-state index in [1.165, 1.54) is 6.08 Å². The van der Waals surface area contributed by atoms with E-state index in [0.717, 1.165) is 28.1 Å². The predicted molar refractivity (Wildman–Crippen MR) is 95.8 cm³/mol. The van der Waals surface area contributed by atoms with Crippen LogP contribution in [0.25, 0.3) is 6.08 Å². The van der Waals surface area contributed by atoms with Crippen molar-refractivity contribution in [2.75, 3.05) is 5.32 Å². The fraction of sp³-hybridized carbons (Fsp3) is 0.250. The Morgan fingerprint density at radius 3 is 2.61 bits per heavy atom. The molecule has 0 aliphatic rings. The highest BCUT2D eigenvalue weighted by molar-refractivity contribution is 6.02. The first-order valence-electron chi connectivity index (χ1n) is 7.77. The zero-order chi connectivity index (χ0) is 16.8. The number of carbonyl (C=O) groups excluding carboxylic acids is 1. The quantitative estimate of drug-likeness (QED) is 0.810. The van der Waals surface area contributed by atoms with Gasteiger partial charge >= 0.3 is 0 Å². The number of nitrogens with one attached hydrogen (secondary N) is 1. The lowest BCUT2D eigenvalue weighted by atomic mass is 10.1. The van der Waals surface area contributed by atoms with E-state index in [1.807, 2.05) is 70.2 Å². The number of aryl methyl sites for hydroxylation is 1. The molecule has 0 radical (unpaired) electrons. The largest absolute Gasteiger partial charge is 0.491 e. The van der Waals surface area contributed by atoms with Crippen molar-refractivity contribution in [2.45, 2.75) is 33.8 Å². The van der Waals surface area contributed by atoms with Gasteiger partial charge in [0.15, 0.2) is 0 Å². The summed E-state index contributed by atoms with van der Waals surface area (Å²) in [6.45, 7) is 8.00. The lowest BCUT2D eigenvalue weighted by Crippen LogP contribution is -2.09. The third-order valence-corrected chi connectivity index (χ3v) is 3.52. The van der Waals surface area contributed by atoms with E-state index in [9.17, 15) is 4.79 Å². The number of ether oxygens (including phenoxy) is 1. The van der Waals surface area contributed by atoms with Crippen molar-refractivity contribution in [1.29, 1.82) is 0 Å². The molecule has 0 aliphatic carbocycles. The minimum atomic E-state index is -0.145. The van der Waals surface area contributed by atoms with Crippen LogP contribution in [-0.2, 0) is 4.79 Å². The molecule has 2 aromatic rings. The van der Waals surface area contributed by atoms with Crippen LogP contribution in [0.4, 0.5) is 5.69 Å². The van der Waals surface area contributed by atoms with Crippen molar-refractivity contribution >= 4 is 17.7 Å². The van der Waals surface area contributed by atoms with Crippen LogP contribution in [0.3, 0.4) is 0 Å². The van der Waals surface area contributed by atoms with E-state index in [2.05, 4.69) is 5.32 Å². The van der Waals surface area contributed by atoms with Crippen molar-refractivity contribution in [2.24, 2.45) is 0 Å². The van der Waals surface area contributed by atoms with Crippen LogP contribution in [0.1, 0.15) is 30.5 Å². The molecular weight excluding hydrogens is 286 g/mol. The SMILES string of the molecule is Cc1cccc(NC(=O)/C=C/c2cccc(OC(C)C)c2)c1C. The van der Waals surface area contributed by atoms with Crippen molar-refractivity contribution in [3.8, 4) is 5.75 Å². The van der Waals surface area contributed by atoms with Crippen LogP contribution in [0, 0.1) is 13.8 Å². The molecular formula is C20H23NO2. The number of benzene rings is 2. The molecule has 0 aliphatic heterocycles. The van der Waals surface area contributed by atoms with E-state index < -0.39 is 0 Å². The first kappa shape index (κ1) is 16.8. The Labute approximate surface area is 138 Å². The molecule has 0 aromatic heterocycles. The van der Waals surface area contributed by atoms with E-state index >= 15 is 0 Å². The number of hydrogen-bond donors (Lipinski definition) is 1. The third kappa shape index (κ3) is 4.99. The van der Waals surface area contributed by atoms with Crippen molar-refractivity contribution < 1.29 is 9.53 Å². The van der Waals surface area contributed by atoms with Gasteiger partial charge in [-0.3, -0.25) is 4.79 Å². The van der Waals surface area contributed by atoms with Gasteiger partial charge in [0.2, 0.25) is 5.91 Å². The maximum atomic E-state index is 12.1. The Balaban J connectivity index is 2.05. The number of rotatable bonds is 5. The molecule has 0 fully saturated rings. The molecule has 23 heavy (non-hydrogen) atoms. The molecule has 2 rings (SSSR count). The molecule has 0 saturated heterocycles. The number of carbonyl (C=O) groups is 1. The maximum absolute atomic E-state index is 12.1. The molecule has 1 N–H and O–H groups in total. The minimum absolute atomic E-state index is 0.127. The Morgan fingerprint density at radius 1 is 1.13 bits per heavy atom. The van der Waals surface area contributed by atoms with E-state index in [4.69, 9.17) is 4.74 Å². The second kappa shape index (κ2) is 7.63. The predicted octanol–water partition coefficient (Wildman–Crippen LogP) is 4.74. The topological polar surface area (TPSA) is 38.3 Å². The lowest BCUT2D eigenvalue weighted by Gasteiger charge is -2.10. The average molecular weight is 309 g/mol. The summed E-state index contributed by atoms with van der Waals surface area (Å²) in [4.78, 5) is 12.1. The molecule has 0 atom stereocenters. The first-order chi connectivity index (χ1) is 11.0. The lowest BCUT2D eigenvalue weighted by molar-refractivity contribution is -0.111. The molecule has 0 saturated carbocycles. The van der Waals surface area contributed by atoms with Crippen LogP contribution < -0.4 is 10.1 Å². The summed E-state index contributed by atoms with van der Waals surface area (Å²) in [7, 11) is 0. The van der Waals surface area contributed by atoms with Gasteiger partial charge in [-0.1, -0.05) is 24.3 Å². The zero-order valence-corrected chi connectivity index (χ0v) is 14.1. The van der Waals surface area contributed by atoms with Crippen LogP contribution in [0.5, 0.6) is 5.75 Å². The molecule has 3 heteroatoms. The average Bonchev–Trinajstić information content (AvgIpc) is 2.50. The molecule has 0 bridgehead atoms. The number of anilines is 1. The van der Waals surface area contributed by atoms with E-state index in [-0.39, 0.29) is 12.0 Å². The summed E-state index contributed by atoms with van der Waals surface area (Å²) in [5, 5.41) is 2.91. The molecule has 0 heterocycles. The Bertz CT molecular complexity index is 717. The number of hydrogen-bond acceptors (Lipinski definition) is 2. The smallest absolute Gasteiger partial charge is 0.248 e. The van der Waals surface area contributed by atoms with Crippen molar-refractivity contribution in [3.05, 3.63) is 65.2 Å². The number of amides is 1. The van der Waals surface area contributed by atoms with E-state index in [1.54, 1.807) is 6.08 Å². The highest BCUT2D eigenvalue weighted by atomic mass is 16.5. The van der Waals surface area contributed by atoms with Gasteiger partial charge in [-0.25, -0.2) is 0 Å².